The molecule has 0 saturated carbocycles. The van der Waals surface area contributed by atoms with E-state index >= 15 is 0 Å². The molecular formula is C24H24ClNO2. The van der Waals surface area contributed by atoms with E-state index in [1.807, 2.05) is 24.3 Å². The molecule has 0 aromatic heterocycles. The monoisotopic (exact) mass is 393 g/mol. The van der Waals surface area contributed by atoms with E-state index in [2.05, 4.69) is 36.5 Å². The molecule has 0 saturated heterocycles. The number of halogens is 1. The topological polar surface area (TPSA) is 38.3 Å². The maximum atomic E-state index is 12.3. The molecule has 0 radical (unpaired) electrons. The average molecular weight is 394 g/mol. The maximum Gasteiger partial charge on any atom is 0.251 e. The van der Waals surface area contributed by atoms with E-state index in [9.17, 15) is 4.79 Å². The highest BCUT2D eigenvalue weighted by atomic mass is 35.5. The lowest BCUT2D eigenvalue weighted by atomic mass is 10.1. The molecular weight excluding hydrogens is 370 g/mol. The van der Waals surface area contributed by atoms with Gasteiger partial charge in [0.2, 0.25) is 0 Å². The van der Waals surface area contributed by atoms with Crippen molar-refractivity contribution in [3.63, 3.8) is 0 Å². The zero-order chi connectivity index (χ0) is 19.8. The van der Waals surface area contributed by atoms with Gasteiger partial charge in [0.1, 0.15) is 12.4 Å². The first kappa shape index (κ1) is 20.0. The summed E-state index contributed by atoms with van der Waals surface area (Å²) in [6.45, 7) is 3.13. The highest BCUT2D eigenvalue weighted by molar-refractivity contribution is 6.31. The molecule has 0 aliphatic rings. The van der Waals surface area contributed by atoms with Crippen molar-refractivity contribution in [2.75, 3.05) is 6.54 Å². The maximum absolute atomic E-state index is 12.3. The van der Waals surface area contributed by atoms with Crippen LogP contribution < -0.4 is 10.1 Å². The minimum absolute atomic E-state index is 0.0677. The Labute approximate surface area is 171 Å². The third kappa shape index (κ3) is 5.86. The van der Waals surface area contributed by atoms with Gasteiger partial charge in [-0.05, 0) is 55.7 Å². The van der Waals surface area contributed by atoms with Gasteiger partial charge in [0.25, 0.3) is 5.91 Å². The van der Waals surface area contributed by atoms with Crippen LogP contribution in [0.1, 0.15) is 33.5 Å². The molecule has 0 bridgehead atoms. The number of rotatable bonds is 8. The summed E-state index contributed by atoms with van der Waals surface area (Å²) in [6.07, 6.45) is 1.87. The van der Waals surface area contributed by atoms with Gasteiger partial charge in [0.05, 0.1) is 0 Å². The second-order valence-corrected chi connectivity index (χ2v) is 7.16. The number of carbonyl (C=O) groups excluding carboxylic acids is 1. The van der Waals surface area contributed by atoms with Crippen molar-refractivity contribution in [1.29, 1.82) is 0 Å². The molecule has 144 valence electrons. The third-order valence-electron chi connectivity index (χ3n) is 4.48. The first-order valence-electron chi connectivity index (χ1n) is 9.42. The molecule has 3 aromatic carbocycles. The van der Waals surface area contributed by atoms with E-state index in [-0.39, 0.29) is 5.91 Å². The fourth-order valence-corrected chi connectivity index (χ4v) is 3.13. The molecule has 0 spiro atoms. The van der Waals surface area contributed by atoms with E-state index in [4.69, 9.17) is 16.3 Å². The number of nitrogens with one attached hydrogen (secondary N) is 1. The Morgan fingerprint density at radius 3 is 2.54 bits per heavy atom. The summed E-state index contributed by atoms with van der Waals surface area (Å²) in [6, 6.07) is 23.2. The Kier molecular flexibility index (Phi) is 7.10. The van der Waals surface area contributed by atoms with E-state index in [1.54, 1.807) is 24.3 Å². The van der Waals surface area contributed by atoms with Crippen LogP contribution in [0.4, 0.5) is 0 Å². The summed E-state index contributed by atoms with van der Waals surface area (Å²) < 4.78 is 5.75. The van der Waals surface area contributed by atoms with Crippen molar-refractivity contribution in [3.05, 3.63) is 100 Å². The molecule has 0 aliphatic carbocycles. The Balaban J connectivity index is 1.43. The average Bonchev–Trinajstić information content (AvgIpc) is 2.71. The number of carbonyl (C=O) groups is 1. The Morgan fingerprint density at radius 1 is 1.00 bits per heavy atom. The summed E-state index contributed by atoms with van der Waals surface area (Å²) in [4.78, 5) is 12.3. The molecule has 1 amide bonds. The Morgan fingerprint density at radius 2 is 1.79 bits per heavy atom. The molecule has 0 unspecified atom stereocenters. The van der Waals surface area contributed by atoms with Gasteiger partial charge in [-0.15, -0.1) is 0 Å². The van der Waals surface area contributed by atoms with Gasteiger partial charge >= 0.3 is 0 Å². The lowest BCUT2D eigenvalue weighted by Gasteiger charge is -2.09. The van der Waals surface area contributed by atoms with E-state index in [0.717, 1.165) is 18.4 Å². The number of amides is 1. The van der Waals surface area contributed by atoms with Crippen LogP contribution in [0.5, 0.6) is 5.75 Å². The molecule has 0 heterocycles. The second-order valence-electron chi connectivity index (χ2n) is 6.75. The first-order valence-corrected chi connectivity index (χ1v) is 9.79. The summed E-state index contributed by atoms with van der Waals surface area (Å²) in [5.41, 5.74) is 4.12. The predicted octanol–water partition coefficient (Wildman–Crippen LogP) is 5.59. The number of ether oxygens (including phenoxy) is 1. The van der Waals surface area contributed by atoms with Crippen molar-refractivity contribution in [2.24, 2.45) is 0 Å². The van der Waals surface area contributed by atoms with E-state index in [1.165, 1.54) is 11.1 Å². The summed E-state index contributed by atoms with van der Waals surface area (Å²) >= 11 is 6.13. The highest BCUT2D eigenvalue weighted by Gasteiger charge is 2.06. The minimum Gasteiger partial charge on any atom is -0.489 e. The lowest BCUT2D eigenvalue weighted by molar-refractivity contribution is 0.0953. The van der Waals surface area contributed by atoms with Crippen molar-refractivity contribution >= 4 is 17.5 Å². The normalized spacial score (nSPS) is 10.5. The van der Waals surface area contributed by atoms with Crippen LogP contribution in [0.2, 0.25) is 5.02 Å². The number of aryl methyl sites for hydroxylation is 2. The molecule has 0 aliphatic heterocycles. The third-order valence-corrected chi connectivity index (χ3v) is 4.85. The molecule has 0 atom stereocenters. The fourth-order valence-electron chi connectivity index (χ4n) is 2.94. The molecule has 0 fully saturated rings. The van der Waals surface area contributed by atoms with Crippen molar-refractivity contribution in [3.8, 4) is 5.75 Å². The van der Waals surface area contributed by atoms with Gasteiger partial charge in [-0.2, -0.15) is 0 Å². The van der Waals surface area contributed by atoms with Gasteiger partial charge in [-0.25, -0.2) is 0 Å². The summed E-state index contributed by atoms with van der Waals surface area (Å²) in [5, 5.41) is 3.66. The number of benzene rings is 3. The molecule has 28 heavy (non-hydrogen) atoms. The molecule has 3 rings (SSSR count). The first-order chi connectivity index (χ1) is 13.6. The predicted molar refractivity (Wildman–Crippen MR) is 114 cm³/mol. The summed E-state index contributed by atoms with van der Waals surface area (Å²) in [5.74, 6) is 0.637. The zero-order valence-electron chi connectivity index (χ0n) is 16.0. The van der Waals surface area contributed by atoms with Gasteiger partial charge in [0.15, 0.2) is 0 Å². The molecule has 3 aromatic rings. The second kappa shape index (κ2) is 9.95. The quantitative estimate of drug-likeness (QED) is 0.506. The number of hydrogen-bond donors (Lipinski definition) is 1. The minimum atomic E-state index is -0.0677. The smallest absolute Gasteiger partial charge is 0.251 e. The van der Waals surface area contributed by atoms with Gasteiger partial charge in [-0.3, -0.25) is 4.79 Å². The van der Waals surface area contributed by atoms with Gasteiger partial charge in [0, 0.05) is 22.7 Å². The van der Waals surface area contributed by atoms with Gasteiger partial charge < -0.3 is 10.1 Å². The van der Waals surface area contributed by atoms with Crippen LogP contribution >= 0.6 is 11.6 Å². The molecule has 3 nitrogen and oxygen atoms in total. The lowest BCUT2D eigenvalue weighted by Crippen LogP contribution is -2.24. The zero-order valence-corrected chi connectivity index (χ0v) is 16.7. The summed E-state index contributed by atoms with van der Waals surface area (Å²) in [7, 11) is 0. The molecule has 4 heteroatoms. The standard InChI is InChI=1S/C24H24ClNO2/c1-18-6-4-7-19(16-18)8-5-15-26-24(27)20-11-13-22(14-12-20)28-17-21-9-2-3-10-23(21)25/h2-4,6-7,9-14,16H,5,8,15,17H2,1H3,(H,26,27). The Bertz CT molecular complexity index is 922. The van der Waals surface area contributed by atoms with Crippen molar-refractivity contribution in [1.82, 2.24) is 5.32 Å². The highest BCUT2D eigenvalue weighted by Crippen LogP contribution is 2.19. The SMILES string of the molecule is Cc1cccc(CCCNC(=O)c2ccc(OCc3ccccc3Cl)cc2)c1. The van der Waals surface area contributed by atoms with Gasteiger partial charge in [-0.1, -0.05) is 59.6 Å². The van der Waals surface area contributed by atoms with Crippen LogP contribution in [0.15, 0.2) is 72.8 Å². The van der Waals surface area contributed by atoms with Crippen LogP contribution in [0, 0.1) is 6.92 Å². The largest absolute Gasteiger partial charge is 0.489 e. The fraction of sp³-hybridized carbons (Fsp3) is 0.208. The van der Waals surface area contributed by atoms with E-state index in [0.29, 0.717) is 29.5 Å². The van der Waals surface area contributed by atoms with Crippen LogP contribution in [-0.2, 0) is 13.0 Å². The molecule has 1 N–H and O–H groups in total. The van der Waals surface area contributed by atoms with Crippen LogP contribution in [-0.4, -0.2) is 12.5 Å². The van der Waals surface area contributed by atoms with E-state index < -0.39 is 0 Å². The number of hydrogen-bond acceptors (Lipinski definition) is 2. The Hall–Kier alpha value is -2.78. The van der Waals surface area contributed by atoms with Crippen molar-refractivity contribution < 1.29 is 9.53 Å². The van der Waals surface area contributed by atoms with Crippen LogP contribution in [0.25, 0.3) is 0 Å². The van der Waals surface area contributed by atoms with Crippen molar-refractivity contribution in [2.45, 2.75) is 26.4 Å². The van der Waals surface area contributed by atoms with Crippen LogP contribution in [0.3, 0.4) is 0 Å².